The Labute approximate surface area is 119 Å². The van der Waals surface area contributed by atoms with E-state index in [0.29, 0.717) is 26.6 Å². The summed E-state index contributed by atoms with van der Waals surface area (Å²) in [6.45, 7) is 1.83. The van der Waals surface area contributed by atoms with E-state index >= 15 is 0 Å². The molecule has 7 heteroatoms. The summed E-state index contributed by atoms with van der Waals surface area (Å²) in [6, 6.07) is 5.33. The highest BCUT2D eigenvalue weighted by Crippen LogP contribution is 2.22. The van der Waals surface area contributed by atoms with E-state index in [2.05, 4.69) is 15.3 Å². The molecule has 0 spiro atoms. The normalized spacial score (nSPS) is 11.3. The first-order chi connectivity index (χ1) is 8.63. The van der Waals surface area contributed by atoms with Gasteiger partial charge in [0.1, 0.15) is 0 Å². The molecule has 0 aliphatic carbocycles. The molecule has 0 atom stereocenters. The number of rotatable bonds is 3. The van der Waals surface area contributed by atoms with Crippen LogP contribution in [-0.4, -0.2) is 27.3 Å². The van der Waals surface area contributed by atoms with E-state index in [9.17, 15) is 0 Å². The van der Waals surface area contributed by atoms with Crippen LogP contribution < -0.4 is 0 Å². The predicted octanol–water partition coefficient (Wildman–Crippen LogP) is 3.50. The van der Waals surface area contributed by atoms with E-state index in [1.165, 1.54) is 11.8 Å². The first-order valence-corrected chi connectivity index (χ1v) is 7.06. The van der Waals surface area contributed by atoms with Crippen molar-refractivity contribution in [3.05, 3.63) is 39.6 Å². The number of thioether (sulfide) groups is 1. The monoisotopic (exact) mass is 300 g/mol. The molecule has 0 fully saturated rings. The first-order valence-electron chi connectivity index (χ1n) is 5.08. The Morgan fingerprint density at radius 2 is 1.94 bits per heavy atom. The maximum atomic E-state index is 6.06. The summed E-state index contributed by atoms with van der Waals surface area (Å²) >= 11 is 13.6. The van der Waals surface area contributed by atoms with Gasteiger partial charge in [0.25, 0.3) is 0 Å². The van der Waals surface area contributed by atoms with E-state index in [-0.39, 0.29) is 0 Å². The Kier molecular flexibility index (Phi) is 4.27. The van der Waals surface area contributed by atoms with Crippen molar-refractivity contribution >= 4 is 41.2 Å². The molecule has 94 valence electrons. The van der Waals surface area contributed by atoms with Gasteiger partial charge in [-0.1, -0.05) is 41.0 Å². The molecule has 0 saturated carbocycles. The summed E-state index contributed by atoms with van der Waals surface area (Å²) < 4.78 is 1.64. The average Bonchev–Trinajstić information content (AvgIpc) is 2.70. The highest BCUT2D eigenvalue weighted by Gasteiger charge is 2.07. The summed E-state index contributed by atoms with van der Waals surface area (Å²) in [5.74, 6) is 0.707. The van der Waals surface area contributed by atoms with Crippen LogP contribution in [0, 0.1) is 6.92 Å². The van der Waals surface area contributed by atoms with Gasteiger partial charge >= 0.3 is 0 Å². The maximum Gasteiger partial charge on any atom is 0.211 e. The molecule has 0 amide bonds. The van der Waals surface area contributed by atoms with E-state index in [4.69, 9.17) is 23.2 Å². The van der Waals surface area contributed by atoms with Crippen LogP contribution in [0.25, 0.3) is 0 Å². The van der Waals surface area contributed by atoms with Crippen molar-refractivity contribution in [2.75, 3.05) is 6.26 Å². The Hall–Kier alpha value is -1.04. The number of hydrogen-bond acceptors (Lipinski definition) is 4. The van der Waals surface area contributed by atoms with E-state index < -0.39 is 0 Å². The molecule has 0 saturated heterocycles. The molecule has 0 aliphatic heterocycles. The molecule has 2 rings (SSSR count). The fraction of sp³-hybridized carbons (Fsp3) is 0.182. The highest BCUT2D eigenvalue weighted by atomic mass is 35.5. The highest BCUT2D eigenvalue weighted by molar-refractivity contribution is 7.98. The molecule has 4 nitrogen and oxygen atoms in total. The van der Waals surface area contributed by atoms with E-state index in [1.807, 2.05) is 13.2 Å². The van der Waals surface area contributed by atoms with Gasteiger partial charge in [-0.3, -0.25) is 0 Å². The van der Waals surface area contributed by atoms with E-state index in [1.54, 1.807) is 29.1 Å². The summed E-state index contributed by atoms with van der Waals surface area (Å²) in [4.78, 5) is 0. The largest absolute Gasteiger partial charge is 0.211 e. The molecule has 1 aromatic heterocycles. The summed E-state index contributed by atoms with van der Waals surface area (Å²) in [5, 5.41) is 14.1. The van der Waals surface area contributed by atoms with Crippen molar-refractivity contribution < 1.29 is 0 Å². The molecule has 0 radical (unpaired) electrons. The fourth-order valence-corrected chi connectivity index (χ4v) is 2.32. The molecule has 1 heterocycles. The molecular weight excluding hydrogens is 291 g/mol. The average molecular weight is 301 g/mol. The lowest BCUT2D eigenvalue weighted by atomic mass is 10.2. The van der Waals surface area contributed by atoms with Crippen molar-refractivity contribution in [2.24, 2.45) is 5.10 Å². The third kappa shape index (κ3) is 2.68. The molecule has 2 aromatic rings. The number of hydrogen-bond donors (Lipinski definition) is 0. The van der Waals surface area contributed by atoms with Gasteiger partial charge in [-0.05, 0) is 25.3 Å². The van der Waals surface area contributed by atoms with Crippen molar-refractivity contribution in [1.82, 2.24) is 14.9 Å². The van der Waals surface area contributed by atoms with Gasteiger partial charge in [0, 0.05) is 5.56 Å². The minimum absolute atomic E-state index is 0.558. The molecular formula is C11H10Cl2N4S. The molecule has 0 unspecified atom stereocenters. The molecule has 18 heavy (non-hydrogen) atoms. The van der Waals surface area contributed by atoms with Crippen LogP contribution in [0.3, 0.4) is 0 Å². The Bertz CT molecular complexity index is 574. The van der Waals surface area contributed by atoms with Crippen molar-refractivity contribution in [2.45, 2.75) is 12.1 Å². The van der Waals surface area contributed by atoms with Crippen LogP contribution in [-0.2, 0) is 0 Å². The van der Waals surface area contributed by atoms with Crippen molar-refractivity contribution in [3.63, 3.8) is 0 Å². The second kappa shape index (κ2) is 5.73. The minimum atomic E-state index is 0.558. The Morgan fingerprint density at radius 3 is 2.56 bits per heavy atom. The van der Waals surface area contributed by atoms with Crippen LogP contribution in [0.5, 0.6) is 0 Å². The minimum Gasteiger partial charge on any atom is -0.192 e. The zero-order valence-electron chi connectivity index (χ0n) is 9.76. The fourth-order valence-electron chi connectivity index (χ4n) is 1.35. The zero-order chi connectivity index (χ0) is 13.1. The smallest absolute Gasteiger partial charge is 0.192 e. The maximum absolute atomic E-state index is 6.06. The van der Waals surface area contributed by atoms with Gasteiger partial charge < -0.3 is 0 Å². The second-order valence-electron chi connectivity index (χ2n) is 3.43. The third-order valence-corrected chi connectivity index (χ3v) is 3.53. The predicted molar refractivity (Wildman–Crippen MR) is 76.0 cm³/mol. The quantitative estimate of drug-likeness (QED) is 0.644. The number of aromatic nitrogens is 3. The standard InChI is InChI=1S/C11H10Cl2N4S/c1-7-15-16-11(18-2)17(7)14-6-8-9(12)4-3-5-10(8)13/h3-6H,1-2H3/b14-6-. The van der Waals surface area contributed by atoms with Gasteiger partial charge in [0.15, 0.2) is 5.82 Å². The molecule has 0 aliphatic rings. The zero-order valence-corrected chi connectivity index (χ0v) is 12.1. The number of halogens is 2. The van der Waals surface area contributed by atoms with Crippen molar-refractivity contribution in [1.29, 1.82) is 0 Å². The van der Waals surface area contributed by atoms with Crippen LogP contribution in [0.1, 0.15) is 11.4 Å². The molecule has 0 N–H and O–H groups in total. The summed E-state index contributed by atoms with van der Waals surface area (Å²) in [5.41, 5.74) is 0.681. The van der Waals surface area contributed by atoms with Gasteiger partial charge in [-0.25, -0.2) is 0 Å². The van der Waals surface area contributed by atoms with Gasteiger partial charge in [0.2, 0.25) is 5.16 Å². The van der Waals surface area contributed by atoms with Gasteiger partial charge in [-0.15, -0.1) is 10.2 Å². The van der Waals surface area contributed by atoms with Crippen LogP contribution >= 0.6 is 35.0 Å². The van der Waals surface area contributed by atoms with Crippen LogP contribution in [0.15, 0.2) is 28.5 Å². The molecule has 1 aromatic carbocycles. The number of aryl methyl sites for hydroxylation is 1. The number of nitrogens with zero attached hydrogens (tertiary/aromatic N) is 4. The lowest BCUT2D eigenvalue weighted by Crippen LogP contribution is -1.96. The topological polar surface area (TPSA) is 43.1 Å². The Balaban J connectivity index is 2.39. The van der Waals surface area contributed by atoms with Gasteiger partial charge in [-0.2, -0.15) is 9.78 Å². The lowest BCUT2D eigenvalue weighted by molar-refractivity contribution is 0.745. The van der Waals surface area contributed by atoms with Crippen LogP contribution in [0.2, 0.25) is 10.0 Å². The summed E-state index contributed by atoms with van der Waals surface area (Å²) in [7, 11) is 0. The second-order valence-corrected chi connectivity index (χ2v) is 5.01. The molecule has 0 bridgehead atoms. The van der Waals surface area contributed by atoms with Crippen LogP contribution in [0.4, 0.5) is 0 Å². The van der Waals surface area contributed by atoms with Crippen molar-refractivity contribution in [3.8, 4) is 0 Å². The first kappa shape index (κ1) is 13.4. The number of benzene rings is 1. The SMILES string of the molecule is CSc1nnc(C)n1/N=C\c1c(Cl)cccc1Cl. The van der Waals surface area contributed by atoms with E-state index in [0.717, 1.165) is 0 Å². The lowest BCUT2D eigenvalue weighted by Gasteiger charge is -2.02. The third-order valence-electron chi connectivity index (χ3n) is 2.25. The Morgan fingerprint density at radius 1 is 1.28 bits per heavy atom. The van der Waals surface area contributed by atoms with Gasteiger partial charge in [0.05, 0.1) is 16.3 Å². The summed E-state index contributed by atoms with van der Waals surface area (Å²) in [6.07, 6.45) is 3.53.